The van der Waals surface area contributed by atoms with Gasteiger partial charge in [-0.25, -0.2) is 4.79 Å². The molecule has 0 aliphatic heterocycles. The molecule has 3 nitrogen and oxygen atoms in total. The predicted molar refractivity (Wildman–Crippen MR) is 62.6 cm³/mol. The molecule has 1 rings (SSSR count). The summed E-state index contributed by atoms with van der Waals surface area (Å²) >= 11 is 0. The normalized spacial score (nSPS) is 9.50. The molecule has 0 fully saturated rings. The molecule has 0 saturated carbocycles. The van der Waals surface area contributed by atoms with Crippen LogP contribution in [-0.2, 0) is 11.2 Å². The minimum absolute atomic E-state index is 0.0104. The summed E-state index contributed by atoms with van der Waals surface area (Å²) in [4.78, 5) is 10.5. The molecule has 0 unspecified atom stereocenters. The van der Waals surface area contributed by atoms with E-state index in [0.29, 0.717) is 12.2 Å². The zero-order valence-corrected chi connectivity index (χ0v) is 8.98. The molecular formula is C13H14O3. The van der Waals surface area contributed by atoms with Crippen LogP contribution in [0, 0.1) is 0 Å². The van der Waals surface area contributed by atoms with Crippen molar-refractivity contribution >= 4 is 5.97 Å². The molecule has 0 radical (unpaired) electrons. The first-order valence-corrected chi connectivity index (χ1v) is 4.88. The number of ether oxygens (including phenoxy) is 1. The molecule has 1 aromatic rings. The van der Waals surface area contributed by atoms with Crippen LogP contribution >= 0.6 is 0 Å². The molecule has 0 spiro atoms. The molecule has 0 aliphatic rings. The highest BCUT2D eigenvalue weighted by Crippen LogP contribution is 2.19. The molecule has 3 heteroatoms. The number of hydrogen-bond donors (Lipinski definition) is 1. The highest BCUT2D eigenvalue weighted by Gasteiger charge is 2.06. The van der Waals surface area contributed by atoms with Crippen molar-refractivity contribution in [2.45, 2.75) is 6.42 Å². The number of carbonyl (C=O) groups is 1. The van der Waals surface area contributed by atoms with E-state index in [-0.39, 0.29) is 12.2 Å². The minimum atomic E-state index is -1.04. The molecule has 1 aromatic carbocycles. The first kappa shape index (κ1) is 12.0. The summed E-state index contributed by atoms with van der Waals surface area (Å²) in [5, 5.41) is 8.64. The van der Waals surface area contributed by atoms with Crippen LogP contribution in [0.2, 0.25) is 0 Å². The van der Waals surface area contributed by atoms with Gasteiger partial charge in [-0.15, -0.1) is 6.58 Å². The zero-order valence-electron chi connectivity index (χ0n) is 8.98. The molecule has 16 heavy (non-hydrogen) atoms. The number of rotatable bonds is 6. The van der Waals surface area contributed by atoms with E-state index in [1.165, 1.54) is 0 Å². The van der Waals surface area contributed by atoms with Crippen molar-refractivity contribution < 1.29 is 14.6 Å². The Morgan fingerprint density at radius 2 is 2.12 bits per heavy atom. The lowest BCUT2D eigenvalue weighted by molar-refractivity contribution is -0.133. The summed E-state index contributed by atoms with van der Waals surface area (Å²) < 4.78 is 5.38. The standard InChI is InChI=1S/C13H14O3/c1-3-6-11-7-4-5-8-12(11)16-9-10(2)13(14)15/h3-5,7-8H,1-2,6,9H2,(H,14,15). The van der Waals surface area contributed by atoms with Crippen LogP contribution in [0.5, 0.6) is 5.75 Å². The Kier molecular flexibility index (Phi) is 4.33. The summed E-state index contributed by atoms with van der Waals surface area (Å²) in [6.45, 7) is 7.04. The first-order chi connectivity index (χ1) is 7.65. The third-order valence-electron chi connectivity index (χ3n) is 2.04. The molecular weight excluding hydrogens is 204 g/mol. The van der Waals surface area contributed by atoms with Crippen LogP contribution in [0.25, 0.3) is 0 Å². The Morgan fingerprint density at radius 1 is 1.44 bits per heavy atom. The molecule has 0 amide bonds. The Balaban J connectivity index is 2.69. The van der Waals surface area contributed by atoms with Crippen LogP contribution in [0.1, 0.15) is 5.56 Å². The molecule has 0 heterocycles. The number of hydrogen-bond acceptors (Lipinski definition) is 2. The van der Waals surface area contributed by atoms with Gasteiger partial charge in [-0.05, 0) is 18.1 Å². The monoisotopic (exact) mass is 218 g/mol. The fraction of sp³-hybridized carbons (Fsp3) is 0.154. The van der Waals surface area contributed by atoms with Crippen molar-refractivity contribution in [2.24, 2.45) is 0 Å². The second kappa shape index (κ2) is 5.75. The summed E-state index contributed by atoms with van der Waals surface area (Å²) in [6.07, 6.45) is 2.46. The van der Waals surface area contributed by atoms with Gasteiger partial charge < -0.3 is 9.84 Å². The molecule has 1 N–H and O–H groups in total. The van der Waals surface area contributed by atoms with E-state index in [2.05, 4.69) is 13.2 Å². The van der Waals surface area contributed by atoms with Crippen LogP contribution in [0.3, 0.4) is 0 Å². The largest absolute Gasteiger partial charge is 0.488 e. The SMILES string of the molecule is C=CCc1ccccc1OCC(=C)C(=O)O. The quantitative estimate of drug-likeness (QED) is 0.589. The number of carboxylic acid groups (broad SMARTS) is 1. The number of benzene rings is 1. The Labute approximate surface area is 94.7 Å². The summed E-state index contributed by atoms with van der Waals surface area (Å²) in [5.41, 5.74) is 1.02. The van der Waals surface area contributed by atoms with Gasteiger partial charge in [-0.1, -0.05) is 30.9 Å². The van der Waals surface area contributed by atoms with Gasteiger partial charge in [0.05, 0.1) is 5.57 Å². The highest BCUT2D eigenvalue weighted by atomic mass is 16.5. The second-order valence-electron chi connectivity index (χ2n) is 3.30. The lowest BCUT2D eigenvalue weighted by Crippen LogP contribution is -2.09. The van der Waals surface area contributed by atoms with Crippen molar-refractivity contribution in [3.05, 3.63) is 54.6 Å². The Morgan fingerprint density at radius 3 is 2.75 bits per heavy atom. The van der Waals surface area contributed by atoms with Gasteiger partial charge in [0.1, 0.15) is 12.4 Å². The topological polar surface area (TPSA) is 46.5 Å². The third-order valence-corrected chi connectivity index (χ3v) is 2.04. The van der Waals surface area contributed by atoms with Gasteiger partial charge in [0, 0.05) is 0 Å². The predicted octanol–water partition coefficient (Wildman–Crippen LogP) is 2.43. The Hall–Kier alpha value is -2.03. The van der Waals surface area contributed by atoms with Gasteiger partial charge >= 0.3 is 5.97 Å². The third kappa shape index (κ3) is 3.28. The van der Waals surface area contributed by atoms with Gasteiger partial charge in [-0.3, -0.25) is 0 Å². The summed E-state index contributed by atoms with van der Waals surface area (Å²) in [6, 6.07) is 7.46. The lowest BCUT2D eigenvalue weighted by atomic mass is 10.1. The fourth-order valence-corrected chi connectivity index (χ4v) is 1.20. The maximum Gasteiger partial charge on any atom is 0.334 e. The van der Waals surface area contributed by atoms with E-state index in [9.17, 15) is 4.79 Å². The van der Waals surface area contributed by atoms with Gasteiger partial charge in [-0.2, -0.15) is 0 Å². The van der Waals surface area contributed by atoms with Crippen molar-refractivity contribution in [2.75, 3.05) is 6.61 Å². The van der Waals surface area contributed by atoms with E-state index in [0.717, 1.165) is 5.56 Å². The molecule has 0 bridgehead atoms. The van der Waals surface area contributed by atoms with Gasteiger partial charge in [0.2, 0.25) is 0 Å². The summed E-state index contributed by atoms with van der Waals surface area (Å²) in [5.74, 6) is -0.369. The van der Waals surface area contributed by atoms with Crippen molar-refractivity contribution in [1.82, 2.24) is 0 Å². The number of allylic oxidation sites excluding steroid dienone is 1. The zero-order chi connectivity index (χ0) is 12.0. The molecule has 0 saturated heterocycles. The second-order valence-corrected chi connectivity index (χ2v) is 3.30. The minimum Gasteiger partial charge on any atom is -0.488 e. The molecule has 84 valence electrons. The lowest BCUT2D eigenvalue weighted by Gasteiger charge is -2.09. The average molecular weight is 218 g/mol. The number of carboxylic acids is 1. The first-order valence-electron chi connectivity index (χ1n) is 4.88. The summed E-state index contributed by atoms with van der Waals surface area (Å²) in [7, 11) is 0. The van der Waals surface area contributed by atoms with Crippen molar-refractivity contribution in [3.8, 4) is 5.75 Å². The number of aliphatic carboxylic acids is 1. The number of para-hydroxylation sites is 1. The molecule has 0 aromatic heterocycles. The van der Waals surface area contributed by atoms with Gasteiger partial charge in [0.25, 0.3) is 0 Å². The van der Waals surface area contributed by atoms with Crippen LogP contribution in [0.4, 0.5) is 0 Å². The van der Waals surface area contributed by atoms with Crippen LogP contribution < -0.4 is 4.74 Å². The fourth-order valence-electron chi connectivity index (χ4n) is 1.20. The van der Waals surface area contributed by atoms with Crippen molar-refractivity contribution in [3.63, 3.8) is 0 Å². The molecule has 0 atom stereocenters. The maximum atomic E-state index is 10.5. The van der Waals surface area contributed by atoms with E-state index < -0.39 is 5.97 Å². The van der Waals surface area contributed by atoms with E-state index >= 15 is 0 Å². The maximum absolute atomic E-state index is 10.5. The van der Waals surface area contributed by atoms with Crippen molar-refractivity contribution in [1.29, 1.82) is 0 Å². The van der Waals surface area contributed by atoms with Crippen LogP contribution in [-0.4, -0.2) is 17.7 Å². The smallest absolute Gasteiger partial charge is 0.334 e. The van der Waals surface area contributed by atoms with Gasteiger partial charge in [0.15, 0.2) is 0 Å². The average Bonchev–Trinajstić information content (AvgIpc) is 2.27. The van der Waals surface area contributed by atoms with Crippen LogP contribution in [0.15, 0.2) is 49.1 Å². The van der Waals surface area contributed by atoms with E-state index in [1.54, 1.807) is 12.1 Å². The van der Waals surface area contributed by atoms with E-state index in [1.807, 2.05) is 18.2 Å². The Bertz CT molecular complexity index is 407. The van der Waals surface area contributed by atoms with E-state index in [4.69, 9.17) is 9.84 Å². The highest BCUT2D eigenvalue weighted by molar-refractivity contribution is 5.86. The molecule has 0 aliphatic carbocycles.